The Labute approximate surface area is 161 Å². The van der Waals surface area contributed by atoms with E-state index >= 15 is 0 Å². The normalized spacial score (nSPS) is 11.6. The molecule has 0 atom stereocenters. The van der Waals surface area contributed by atoms with Crippen molar-refractivity contribution in [1.82, 2.24) is 0 Å². The molecule has 26 heavy (non-hydrogen) atoms. The van der Waals surface area contributed by atoms with Gasteiger partial charge < -0.3 is 0 Å². The first kappa shape index (κ1) is 20.7. The van der Waals surface area contributed by atoms with E-state index < -0.39 is 0 Å². The van der Waals surface area contributed by atoms with Crippen LogP contribution >= 0.6 is 0 Å². The molecule has 0 radical (unpaired) electrons. The summed E-state index contributed by atoms with van der Waals surface area (Å²) in [5.41, 5.74) is 1.51. The molecule has 0 aliphatic heterocycles. The molecule has 2 rings (SSSR count). The van der Waals surface area contributed by atoms with Gasteiger partial charge in [0, 0.05) is 0 Å². The Morgan fingerprint density at radius 3 is 2.00 bits per heavy atom. The minimum absolute atomic E-state index is 1.20. The Balaban J connectivity index is 1.48. The van der Waals surface area contributed by atoms with Gasteiger partial charge in [0.25, 0.3) is 0 Å². The van der Waals surface area contributed by atoms with Gasteiger partial charge in [0.2, 0.25) is 0 Å². The maximum absolute atomic E-state index is 2.41. The summed E-state index contributed by atoms with van der Waals surface area (Å²) in [5, 5.41) is 2.80. The average molecular weight is 351 g/mol. The second-order valence-corrected chi connectivity index (χ2v) is 7.62. The topological polar surface area (TPSA) is 0 Å². The molecule has 0 saturated heterocycles. The Morgan fingerprint density at radius 1 is 0.615 bits per heavy atom. The van der Waals surface area contributed by atoms with Crippen molar-refractivity contribution in [3.63, 3.8) is 0 Å². The lowest BCUT2D eigenvalue weighted by atomic mass is 10.00. The van der Waals surface area contributed by atoms with Gasteiger partial charge in [0.1, 0.15) is 0 Å². The summed E-state index contributed by atoms with van der Waals surface area (Å²) < 4.78 is 0. The number of rotatable bonds is 14. The van der Waals surface area contributed by atoms with Crippen LogP contribution in [0, 0.1) is 0 Å². The fourth-order valence-electron chi connectivity index (χ4n) is 3.72. The van der Waals surface area contributed by atoms with Crippen LogP contribution in [0.3, 0.4) is 0 Å². The van der Waals surface area contributed by atoms with Crippen LogP contribution in [0.15, 0.2) is 54.6 Å². The molecular formula is C26H38. The van der Waals surface area contributed by atoms with E-state index in [1.54, 1.807) is 0 Å². The average Bonchev–Trinajstić information content (AvgIpc) is 2.68. The number of hydrogen-bond donors (Lipinski definition) is 0. The van der Waals surface area contributed by atoms with E-state index in [9.17, 15) is 0 Å². The highest BCUT2D eigenvalue weighted by molar-refractivity contribution is 5.85. The zero-order valence-electron chi connectivity index (χ0n) is 16.9. The molecule has 0 aromatic heterocycles. The third kappa shape index (κ3) is 8.21. The number of allylic oxidation sites excluding steroid dienone is 2. The van der Waals surface area contributed by atoms with Crippen LogP contribution in [0.2, 0.25) is 0 Å². The van der Waals surface area contributed by atoms with E-state index in [1.165, 1.54) is 99.8 Å². The molecule has 0 spiro atoms. The molecule has 0 bridgehead atoms. The van der Waals surface area contributed by atoms with Gasteiger partial charge in [0.15, 0.2) is 0 Å². The van der Waals surface area contributed by atoms with Crippen LogP contribution in [0.1, 0.15) is 89.5 Å². The minimum Gasteiger partial charge on any atom is -0.0885 e. The summed E-state index contributed by atoms with van der Waals surface area (Å²) in [7, 11) is 0. The molecule has 0 fully saturated rings. The van der Waals surface area contributed by atoms with Gasteiger partial charge in [-0.15, -0.1) is 0 Å². The fraction of sp³-hybridized carbons (Fsp3) is 0.538. The lowest BCUT2D eigenvalue weighted by Gasteiger charge is -2.05. The summed E-state index contributed by atoms with van der Waals surface area (Å²) in [6.07, 6.45) is 22.4. The molecule has 0 saturated carbocycles. The standard InChI is InChI=1S/C26H38/c1-2-3-4-5-6-7-8-9-10-11-12-13-14-15-19-24-21-18-22-25-20-16-17-23-26(24)25/h11-12,16-18,20-23H,2-10,13-15,19H2,1H3/b12-11+. The molecule has 0 aliphatic carbocycles. The van der Waals surface area contributed by atoms with Gasteiger partial charge in [-0.1, -0.05) is 106 Å². The van der Waals surface area contributed by atoms with Crippen LogP contribution in [0.25, 0.3) is 10.8 Å². The quantitative estimate of drug-likeness (QED) is 0.236. The predicted octanol–water partition coefficient (Wildman–Crippen LogP) is 8.64. The highest BCUT2D eigenvalue weighted by Crippen LogP contribution is 2.20. The molecule has 0 nitrogen and oxygen atoms in total. The van der Waals surface area contributed by atoms with Gasteiger partial charge in [-0.05, 0) is 54.9 Å². The van der Waals surface area contributed by atoms with Crippen molar-refractivity contribution in [3.8, 4) is 0 Å². The fourth-order valence-corrected chi connectivity index (χ4v) is 3.72. The smallest absolute Gasteiger partial charge is 0.0152 e. The van der Waals surface area contributed by atoms with Crippen molar-refractivity contribution in [2.75, 3.05) is 0 Å². The number of hydrogen-bond acceptors (Lipinski definition) is 0. The Hall–Kier alpha value is -1.56. The lowest BCUT2D eigenvalue weighted by Crippen LogP contribution is -1.87. The van der Waals surface area contributed by atoms with Crippen LogP contribution in [-0.2, 0) is 6.42 Å². The molecule has 0 heterocycles. The summed E-state index contributed by atoms with van der Waals surface area (Å²) >= 11 is 0. The second-order valence-electron chi connectivity index (χ2n) is 7.62. The van der Waals surface area contributed by atoms with Crippen molar-refractivity contribution in [2.45, 2.75) is 90.4 Å². The van der Waals surface area contributed by atoms with Crippen LogP contribution in [0.5, 0.6) is 0 Å². The summed E-state index contributed by atoms with van der Waals surface area (Å²) in [6, 6.07) is 15.5. The van der Waals surface area contributed by atoms with E-state index in [0.29, 0.717) is 0 Å². The van der Waals surface area contributed by atoms with Crippen molar-refractivity contribution in [2.24, 2.45) is 0 Å². The largest absolute Gasteiger partial charge is 0.0885 e. The zero-order valence-corrected chi connectivity index (χ0v) is 16.9. The van der Waals surface area contributed by atoms with Gasteiger partial charge >= 0.3 is 0 Å². The monoisotopic (exact) mass is 350 g/mol. The summed E-state index contributed by atoms with van der Waals surface area (Å²) in [5.74, 6) is 0. The first-order valence-electron chi connectivity index (χ1n) is 11.0. The molecule has 0 N–H and O–H groups in total. The molecule has 142 valence electrons. The highest BCUT2D eigenvalue weighted by Gasteiger charge is 1.99. The Kier molecular flexibility index (Phi) is 10.9. The van der Waals surface area contributed by atoms with Gasteiger partial charge in [-0.25, -0.2) is 0 Å². The van der Waals surface area contributed by atoms with Crippen molar-refractivity contribution in [1.29, 1.82) is 0 Å². The summed E-state index contributed by atoms with van der Waals surface area (Å²) in [6.45, 7) is 2.29. The molecular weight excluding hydrogens is 312 g/mol. The number of benzene rings is 2. The number of aryl methyl sites for hydroxylation is 1. The molecule has 0 amide bonds. The summed E-state index contributed by atoms with van der Waals surface area (Å²) in [4.78, 5) is 0. The third-order valence-electron chi connectivity index (χ3n) is 5.34. The van der Waals surface area contributed by atoms with Crippen LogP contribution < -0.4 is 0 Å². The minimum atomic E-state index is 1.20. The van der Waals surface area contributed by atoms with Gasteiger partial charge in [-0.2, -0.15) is 0 Å². The number of fused-ring (bicyclic) bond motifs is 1. The Bertz CT molecular complexity index is 617. The van der Waals surface area contributed by atoms with Gasteiger partial charge in [-0.3, -0.25) is 0 Å². The first-order chi connectivity index (χ1) is 12.9. The number of unbranched alkanes of at least 4 members (excludes halogenated alkanes) is 10. The molecule has 2 aromatic carbocycles. The molecule has 0 unspecified atom stereocenters. The van der Waals surface area contributed by atoms with Crippen LogP contribution in [-0.4, -0.2) is 0 Å². The van der Waals surface area contributed by atoms with Crippen molar-refractivity contribution < 1.29 is 0 Å². The molecule has 2 aromatic rings. The zero-order chi connectivity index (χ0) is 18.3. The maximum Gasteiger partial charge on any atom is -0.0152 e. The third-order valence-corrected chi connectivity index (χ3v) is 5.34. The van der Waals surface area contributed by atoms with Crippen LogP contribution in [0.4, 0.5) is 0 Å². The Morgan fingerprint density at radius 2 is 1.23 bits per heavy atom. The second kappa shape index (κ2) is 13.6. The van der Waals surface area contributed by atoms with Crippen molar-refractivity contribution >= 4 is 10.8 Å². The highest BCUT2D eigenvalue weighted by atomic mass is 14.0. The molecule has 0 aliphatic rings. The molecule has 0 heteroatoms. The van der Waals surface area contributed by atoms with E-state index in [1.807, 2.05) is 0 Å². The van der Waals surface area contributed by atoms with Gasteiger partial charge in [0.05, 0.1) is 0 Å². The first-order valence-corrected chi connectivity index (χ1v) is 11.0. The predicted molar refractivity (Wildman–Crippen MR) is 118 cm³/mol. The van der Waals surface area contributed by atoms with E-state index in [2.05, 4.69) is 61.5 Å². The lowest BCUT2D eigenvalue weighted by molar-refractivity contribution is 0.577. The SMILES string of the molecule is CCCCCCCCCC/C=C/CCCCc1cccc2ccccc12. The van der Waals surface area contributed by atoms with E-state index in [4.69, 9.17) is 0 Å². The maximum atomic E-state index is 2.41. The van der Waals surface area contributed by atoms with Crippen molar-refractivity contribution in [3.05, 3.63) is 60.2 Å². The van der Waals surface area contributed by atoms with E-state index in [-0.39, 0.29) is 0 Å². The van der Waals surface area contributed by atoms with E-state index in [0.717, 1.165) is 0 Å².